The van der Waals surface area contributed by atoms with E-state index in [4.69, 9.17) is 0 Å². The minimum atomic E-state index is -0.797. The van der Waals surface area contributed by atoms with Gasteiger partial charge in [-0.05, 0) is 12.1 Å². The van der Waals surface area contributed by atoms with E-state index in [1.54, 1.807) is 24.3 Å². The number of benzene rings is 1. The Morgan fingerprint density at radius 1 is 0.846 bits per heavy atom. The summed E-state index contributed by atoms with van der Waals surface area (Å²) in [6.07, 6.45) is 0. The normalized spacial score (nSPS) is 13.5. The summed E-state index contributed by atoms with van der Waals surface area (Å²) < 4.78 is 0. The van der Waals surface area contributed by atoms with Crippen LogP contribution in [-0.4, -0.2) is 17.3 Å². The van der Waals surface area contributed by atoms with E-state index in [9.17, 15) is 9.59 Å². The van der Waals surface area contributed by atoms with Crippen LogP contribution in [0.25, 0.3) is 0 Å². The van der Waals surface area contributed by atoms with Crippen molar-refractivity contribution in [3.8, 4) is 0 Å². The predicted octanol–water partition coefficient (Wildman–Crippen LogP) is -1.83. The van der Waals surface area contributed by atoms with Crippen LogP contribution >= 0.6 is 0 Å². The molecule has 2 rings (SSSR count). The average molecular weight is 178 g/mol. The van der Waals surface area contributed by atoms with Crippen LogP contribution in [0.4, 0.5) is 0 Å². The second-order valence-corrected chi connectivity index (χ2v) is 2.32. The fourth-order valence-corrected chi connectivity index (χ4v) is 0.968. The molecule has 1 aliphatic rings. The summed E-state index contributed by atoms with van der Waals surface area (Å²) in [6, 6.07) is 6.76. The molecule has 0 bridgehead atoms. The number of carbonyl (C=O) groups is 2. The fourth-order valence-electron chi connectivity index (χ4n) is 0.968. The number of para-hydroxylation sites is 2. The molecule has 0 aliphatic carbocycles. The molecule has 5 nitrogen and oxygen atoms in total. The summed E-state index contributed by atoms with van der Waals surface area (Å²) in [6.45, 7) is 0. The van der Waals surface area contributed by atoms with Crippen LogP contribution in [0.15, 0.2) is 34.3 Å². The maximum atomic E-state index is 10.7. The minimum absolute atomic E-state index is 0. The molecule has 1 aliphatic heterocycles. The summed E-state index contributed by atoms with van der Waals surface area (Å²) >= 11 is 0. The standard InChI is InChI=1S/C8H4N2O2.H2O/c11-7-8(12)10-6-4-2-1-3-5(6)9-7;/h1-4H;1H2. The van der Waals surface area contributed by atoms with Crippen molar-refractivity contribution in [2.45, 2.75) is 0 Å². The quantitative estimate of drug-likeness (QED) is 0.437. The van der Waals surface area contributed by atoms with Gasteiger partial charge >= 0.3 is 11.8 Å². The van der Waals surface area contributed by atoms with Crippen LogP contribution in [0.5, 0.6) is 0 Å². The van der Waals surface area contributed by atoms with Crippen LogP contribution in [0.1, 0.15) is 0 Å². The molecule has 0 unspecified atom stereocenters. The Balaban J connectivity index is 0.000000845. The smallest absolute Gasteiger partial charge is 0.338 e. The molecule has 0 radical (unpaired) electrons. The Hall–Kier alpha value is -1.88. The summed E-state index contributed by atoms with van der Waals surface area (Å²) in [7, 11) is 0. The second-order valence-electron chi connectivity index (χ2n) is 2.32. The van der Waals surface area contributed by atoms with Crippen molar-refractivity contribution in [1.82, 2.24) is 0 Å². The summed E-state index contributed by atoms with van der Waals surface area (Å²) in [5.74, 6) is -1.59. The maximum Gasteiger partial charge on any atom is 0.338 e. The summed E-state index contributed by atoms with van der Waals surface area (Å²) in [4.78, 5) is 28.6. The summed E-state index contributed by atoms with van der Waals surface area (Å²) in [5.41, 5.74) is 0. The Morgan fingerprint density at radius 3 is 1.62 bits per heavy atom. The summed E-state index contributed by atoms with van der Waals surface area (Å²) in [5, 5.41) is 0.921. The maximum absolute atomic E-state index is 10.7. The number of amides is 2. The SMILES string of the molecule is O.O=C1N=c2ccccc2=NC1=O. The Kier molecular flexibility index (Phi) is 2.29. The number of rotatable bonds is 0. The number of hydrogen-bond donors (Lipinski definition) is 0. The topological polar surface area (TPSA) is 90.4 Å². The van der Waals surface area contributed by atoms with E-state index in [1.165, 1.54) is 0 Å². The van der Waals surface area contributed by atoms with E-state index >= 15 is 0 Å². The van der Waals surface area contributed by atoms with Crippen LogP contribution < -0.4 is 10.7 Å². The molecule has 2 N–H and O–H groups in total. The second kappa shape index (κ2) is 3.24. The van der Waals surface area contributed by atoms with E-state index in [2.05, 4.69) is 9.98 Å². The first-order valence-electron chi connectivity index (χ1n) is 3.38. The Labute approximate surface area is 72.7 Å². The Bertz CT molecular complexity index is 433. The Morgan fingerprint density at radius 2 is 1.23 bits per heavy atom. The van der Waals surface area contributed by atoms with Crippen molar-refractivity contribution in [2.75, 3.05) is 0 Å². The number of fused-ring (bicyclic) bond motifs is 1. The zero-order valence-electron chi connectivity index (χ0n) is 6.52. The number of nitrogens with zero attached hydrogens (tertiary/aromatic N) is 2. The monoisotopic (exact) mass is 178 g/mol. The molecule has 2 amide bonds. The van der Waals surface area contributed by atoms with Crippen molar-refractivity contribution in [3.05, 3.63) is 35.0 Å². The van der Waals surface area contributed by atoms with Gasteiger partial charge in [0.2, 0.25) is 0 Å². The van der Waals surface area contributed by atoms with Crippen LogP contribution in [0, 0.1) is 0 Å². The van der Waals surface area contributed by atoms with Gasteiger partial charge in [0.1, 0.15) is 0 Å². The van der Waals surface area contributed by atoms with E-state index in [0.29, 0.717) is 10.7 Å². The highest BCUT2D eigenvalue weighted by molar-refractivity contribution is 6.36. The van der Waals surface area contributed by atoms with E-state index in [-0.39, 0.29) is 5.48 Å². The third-order valence-electron chi connectivity index (χ3n) is 1.51. The zero-order valence-corrected chi connectivity index (χ0v) is 6.52. The van der Waals surface area contributed by atoms with E-state index in [0.717, 1.165) is 0 Å². The van der Waals surface area contributed by atoms with Gasteiger partial charge in [-0.15, -0.1) is 0 Å². The zero-order chi connectivity index (χ0) is 8.55. The average Bonchev–Trinajstić information content (AvgIpc) is 2.07. The molecule has 13 heavy (non-hydrogen) atoms. The van der Waals surface area contributed by atoms with Crippen molar-refractivity contribution in [2.24, 2.45) is 9.98 Å². The van der Waals surface area contributed by atoms with Gasteiger partial charge in [0, 0.05) is 0 Å². The first-order chi connectivity index (χ1) is 5.77. The molecular weight excluding hydrogens is 172 g/mol. The molecule has 0 spiro atoms. The predicted molar refractivity (Wildman–Crippen MR) is 42.4 cm³/mol. The highest BCUT2D eigenvalue weighted by Crippen LogP contribution is 1.83. The molecule has 5 heteroatoms. The largest absolute Gasteiger partial charge is 0.412 e. The van der Waals surface area contributed by atoms with Gasteiger partial charge in [-0.3, -0.25) is 9.59 Å². The lowest BCUT2D eigenvalue weighted by Gasteiger charge is -1.94. The molecular formula is C8H6N2O3. The van der Waals surface area contributed by atoms with Gasteiger partial charge < -0.3 is 5.48 Å². The molecule has 0 atom stereocenters. The molecule has 66 valence electrons. The first kappa shape index (κ1) is 9.21. The van der Waals surface area contributed by atoms with Crippen LogP contribution in [0.2, 0.25) is 0 Å². The molecule has 1 heterocycles. The van der Waals surface area contributed by atoms with Crippen molar-refractivity contribution >= 4 is 11.8 Å². The third-order valence-corrected chi connectivity index (χ3v) is 1.51. The first-order valence-corrected chi connectivity index (χ1v) is 3.38. The lowest BCUT2D eigenvalue weighted by Crippen LogP contribution is -2.33. The molecule has 1 aromatic carbocycles. The van der Waals surface area contributed by atoms with Crippen LogP contribution in [-0.2, 0) is 9.59 Å². The molecule has 1 aromatic rings. The lowest BCUT2D eigenvalue weighted by molar-refractivity contribution is -0.135. The fraction of sp³-hybridized carbons (Fsp3) is 0. The van der Waals surface area contributed by atoms with Gasteiger partial charge in [-0.2, -0.15) is 0 Å². The highest BCUT2D eigenvalue weighted by atomic mass is 16.2. The number of carbonyl (C=O) groups excluding carboxylic acids is 2. The number of hydrogen-bond acceptors (Lipinski definition) is 2. The molecule has 0 saturated heterocycles. The van der Waals surface area contributed by atoms with Crippen LogP contribution in [0.3, 0.4) is 0 Å². The molecule has 0 saturated carbocycles. The third kappa shape index (κ3) is 1.50. The van der Waals surface area contributed by atoms with Gasteiger partial charge in [0.25, 0.3) is 0 Å². The van der Waals surface area contributed by atoms with Gasteiger partial charge in [-0.1, -0.05) is 12.1 Å². The van der Waals surface area contributed by atoms with Gasteiger partial charge in [0.05, 0.1) is 10.7 Å². The molecule has 0 aromatic heterocycles. The van der Waals surface area contributed by atoms with Crippen molar-refractivity contribution in [3.63, 3.8) is 0 Å². The van der Waals surface area contributed by atoms with E-state index in [1.807, 2.05) is 0 Å². The van der Waals surface area contributed by atoms with E-state index < -0.39 is 11.8 Å². The van der Waals surface area contributed by atoms with Gasteiger partial charge in [-0.25, -0.2) is 9.98 Å². The highest BCUT2D eigenvalue weighted by Gasteiger charge is 2.13. The minimum Gasteiger partial charge on any atom is -0.412 e. The van der Waals surface area contributed by atoms with Gasteiger partial charge in [0.15, 0.2) is 0 Å². The lowest BCUT2D eigenvalue weighted by atomic mass is 10.3. The molecule has 0 fully saturated rings. The van der Waals surface area contributed by atoms with Crippen molar-refractivity contribution < 1.29 is 15.1 Å². The van der Waals surface area contributed by atoms with Crippen molar-refractivity contribution in [1.29, 1.82) is 0 Å².